The number of nitrogen functional groups attached to an aromatic ring is 1. The average Bonchev–Trinajstić information content (AvgIpc) is 3.00. The summed E-state index contributed by atoms with van der Waals surface area (Å²) in [4.78, 5) is 15.2. The fraction of sp³-hybridized carbons (Fsp3) is 0.267. The Hall–Kier alpha value is -1.21. The second kappa shape index (κ2) is 7.70. The number of halogens is 1. The van der Waals surface area contributed by atoms with Crippen LogP contribution in [0.15, 0.2) is 40.2 Å². The molecule has 1 heterocycles. The highest BCUT2D eigenvalue weighted by molar-refractivity contribution is 9.10. The summed E-state index contributed by atoms with van der Waals surface area (Å²) < 4.78 is 0.924. The normalized spacial score (nSPS) is 10.9. The molecule has 0 fully saturated rings. The molecule has 1 aromatic carbocycles. The number of nitrogens with zero attached hydrogens (tertiary/aromatic N) is 1. The van der Waals surface area contributed by atoms with Gasteiger partial charge in [0.25, 0.3) is 5.91 Å². The van der Waals surface area contributed by atoms with Gasteiger partial charge in [-0.1, -0.05) is 35.0 Å². The van der Waals surface area contributed by atoms with Crippen LogP contribution in [0.25, 0.3) is 0 Å². The van der Waals surface area contributed by atoms with Crippen LogP contribution in [0.1, 0.15) is 27.7 Å². The van der Waals surface area contributed by atoms with Crippen molar-refractivity contribution in [3.8, 4) is 0 Å². The predicted octanol–water partition coefficient (Wildman–Crippen LogP) is 3.14. The van der Waals surface area contributed by atoms with E-state index in [0.29, 0.717) is 5.56 Å². The van der Waals surface area contributed by atoms with Crippen molar-refractivity contribution >= 4 is 33.2 Å². The van der Waals surface area contributed by atoms with Crippen molar-refractivity contribution in [2.75, 3.05) is 6.54 Å². The Bertz CT molecular complexity index is 601. The number of amides is 1. The molecular formula is C15H18BrN3OS. The molecule has 0 saturated carbocycles. The molecule has 6 heteroatoms. The van der Waals surface area contributed by atoms with Crippen molar-refractivity contribution < 1.29 is 4.79 Å². The van der Waals surface area contributed by atoms with Crippen molar-refractivity contribution in [3.63, 3.8) is 0 Å². The maximum atomic E-state index is 11.5. The van der Waals surface area contributed by atoms with Crippen molar-refractivity contribution in [1.29, 1.82) is 0 Å². The van der Waals surface area contributed by atoms with E-state index in [1.54, 1.807) is 23.5 Å². The van der Waals surface area contributed by atoms with Crippen molar-refractivity contribution in [3.05, 3.63) is 56.2 Å². The molecule has 0 aliphatic heterocycles. The summed E-state index contributed by atoms with van der Waals surface area (Å²) in [5.41, 5.74) is 3.85. The van der Waals surface area contributed by atoms with E-state index in [-0.39, 0.29) is 5.91 Å². The molecule has 1 amide bonds. The second-order valence-corrected chi connectivity index (χ2v) is 6.55. The summed E-state index contributed by atoms with van der Waals surface area (Å²) >= 11 is 5.31. The lowest BCUT2D eigenvalue weighted by Crippen LogP contribution is -2.30. The topological polar surface area (TPSA) is 58.4 Å². The molecule has 0 saturated heterocycles. The quantitative estimate of drug-likeness (QED) is 0.468. The minimum Gasteiger partial charge on any atom is -0.294 e. The third-order valence-corrected chi connectivity index (χ3v) is 4.85. The van der Waals surface area contributed by atoms with E-state index >= 15 is 0 Å². The summed E-state index contributed by atoms with van der Waals surface area (Å²) in [5, 5.41) is 2.10. The van der Waals surface area contributed by atoms with Gasteiger partial charge < -0.3 is 0 Å². The molecule has 112 valence electrons. The number of nitrogens with two attached hydrogens (primary N) is 1. The Morgan fingerprint density at radius 3 is 2.76 bits per heavy atom. The fourth-order valence-electron chi connectivity index (χ4n) is 2.04. The number of carbonyl (C=O) groups is 1. The molecule has 0 unspecified atom stereocenters. The van der Waals surface area contributed by atoms with Crippen LogP contribution in [-0.2, 0) is 13.1 Å². The SMILES string of the molecule is CCN(Cc1cccs1)Cc1ccc(C(=O)NN)cc1Br. The number of thiophene rings is 1. The Labute approximate surface area is 137 Å². The van der Waals surface area contributed by atoms with Gasteiger partial charge in [-0.2, -0.15) is 0 Å². The highest BCUT2D eigenvalue weighted by Crippen LogP contribution is 2.22. The van der Waals surface area contributed by atoms with Gasteiger partial charge in [-0.25, -0.2) is 5.84 Å². The lowest BCUT2D eigenvalue weighted by Gasteiger charge is -2.20. The molecule has 2 rings (SSSR count). The monoisotopic (exact) mass is 367 g/mol. The maximum Gasteiger partial charge on any atom is 0.265 e. The van der Waals surface area contributed by atoms with Gasteiger partial charge in [0.1, 0.15) is 0 Å². The van der Waals surface area contributed by atoms with Crippen LogP contribution < -0.4 is 11.3 Å². The number of hydrazine groups is 1. The van der Waals surface area contributed by atoms with E-state index in [2.05, 4.69) is 50.7 Å². The second-order valence-electron chi connectivity index (χ2n) is 4.66. The van der Waals surface area contributed by atoms with Crippen LogP contribution in [-0.4, -0.2) is 17.4 Å². The third-order valence-electron chi connectivity index (χ3n) is 3.25. The van der Waals surface area contributed by atoms with Gasteiger partial charge in [-0.3, -0.25) is 15.1 Å². The maximum absolute atomic E-state index is 11.5. The largest absolute Gasteiger partial charge is 0.294 e. The highest BCUT2D eigenvalue weighted by atomic mass is 79.9. The summed E-state index contributed by atoms with van der Waals surface area (Å²) in [5.74, 6) is 4.86. The minimum absolute atomic E-state index is 0.284. The first-order valence-electron chi connectivity index (χ1n) is 6.68. The van der Waals surface area contributed by atoms with Crippen molar-refractivity contribution in [1.82, 2.24) is 10.3 Å². The standard InChI is InChI=1S/C15H18BrN3OS/c1-2-19(10-13-4-3-7-21-13)9-12-6-5-11(8-14(12)16)15(20)18-17/h3-8H,2,9-10,17H2,1H3,(H,18,20). The summed E-state index contributed by atoms with van der Waals surface area (Å²) in [6, 6.07) is 9.78. The predicted molar refractivity (Wildman–Crippen MR) is 89.9 cm³/mol. The van der Waals surface area contributed by atoms with Gasteiger partial charge in [0, 0.05) is 28.0 Å². The van der Waals surface area contributed by atoms with E-state index in [1.807, 2.05) is 6.07 Å². The first-order chi connectivity index (χ1) is 10.1. The zero-order valence-electron chi connectivity index (χ0n) is 11.8. The molecule has 0 radical (unpaired) electrons. The molecule has 0 bridgehead atoms. The number of hydrogen-bond acceptors (Lipinski definition) is 4. The van der Waals surface area contributed by atoms with Crippen LogP contribution in [0.2, 0.25) is 0 Å². The van der Waals surface area contributed by atoms with E-state index in [1.165, 1.54) is 4.88 Å². The highest BCUT2D eigenvalue weighted by Gasteiger charge is 2.11. The first kappa shape index (κ1) is 16.2. The van der Waals surface area contributed by atoms with Crippen LogP contribution in [0, 0.1) is 0 Å². The lowest BCUT2D eigenvalue weighted by molar-refractivity contribution is 0.0953. The van der Waals surface area contributed by atoms with Gasteiger partial charge in [0.05, 0.1) is 0 Å². The Balaban J connectivity index is 2.08. The first-order valence-corrected chi connectivity index (χ1v) is 8.35. The van der Waals surface area contributed by atoms with E-state index in [9.17, 15) is 4.79 Å². The molecule has 0 aliphatic rings. The van der Waals surface area contributed by atoms with E-state index < -0.39 is 0 Å². The van der Waals surface area contributed by atoms with Gasteiger partial charge in [-0.05, 0) is 35.7 Å². The summed E-state index contributed by atoms with van der Waals surface area (Å²) in [6.07, 6.45) is 0. The summed E-state index contributed by atoms with van der Waals surface area (Å²) in [6.45, 7) is 4.89. The molecule has 0 spiro atoms. The number of benzene rings is 1. The lowest BCUT2D eigenvalue weighted by atomic mass is 10.1. The molecule has 21 heavy (non-hydrogen) atoms. The Morgan fingerprint density at radius 1 is 1.38 bits per heavy atom. The van der Waals surface area contributed by atoms with Crippen LogP contribution in [0.3, 0.4) is 0 Å². The minimum atomic E-state index is -0.284. The molecule has 0 atom stereocenters. The van der Waals surface area contributed by atoms with Crippen LogP contribution in [0.5, 0.6) is 0 Å². The van der Waals surface area contributed by atoms with Gasteiger partial charge >= 0.3 is 0 Å². The molecule has 2 aromatic rings. The van der Waals surface area contributed by atoms with Crippen LogP contribution in [0.4, 0.5) is 0 Å². The third kappa shape index (κ3) is 4.38. The van der Waals surface area contributed by atoms with E-state index in [4.69, 9.17) is 5.84 Å². The van der Waals surface area contributed by atoms with Gasteiger partial charge in [-0.15, -0.1) is 11.3 Å². The zero-order chi connectivity index (χ0) is 15.2. The molecular weight excluding hydrogens is 350 g/mol. The Kier molecular flexibility index (Phi) is 5.93. The number of rotatable bonds is 6. The zero-order valence-corrected chi connectivity index (χ0v) is 14.2. The number of nitrogens with one attached hydrogen (secondary N) is 1. The Morgan fingerprint density at radius 2 is 2.19 bits per heavy atom. The van der Waals surface area contributed by atoms with Gasteiger partial charge in [0.2, 0.25) is 0 Å². The smallest absolute Gasteiger partial charge is 0.265 e. The van der Waals surface area contributed by atoms with Crippen molar-refractivity contribution in [2.45, 2.75) is 20.0 Å². The molecule has 0 aliphatic carbocycles. The van der Waals surface area contributed by atoms with Gasteiger partial charge in [0.15, 0.2) is 0 Å². The van der Waals surface area contributed by atoms with Crippen molar-refractivity contribution in [2.24, 2.45) is 5.84 Å². The molecule has 3 N–H and O–H groups in total. The fourth-order valence-corrected chi connectivity index (χ4v) is 3.29. The molecule has 1 aromatic heterocycles. The van der Waals surface area contributed by atoms with Crippen LogP contribution >= 0.6 is 27.3 Å². The average molecular weight is 368 g/mol. The number of carbonyl (C=O) groups excluding carboxylic acids is 1. The number of hydrogen-bond donors (Lipinski definition) is 2. The summed E-state index contributed by atoms with van der Waals surface area (Å²) in [7, 11) is 0. The van der Waals surface area contributed by atoms with E-state index in [0.717, 1.165) is 29.7 Å². The molecule has 4 nitrogen and oxygen atoms in total.